The summed E-state index contributed by atoms with van der Waals surface area (Å²) in [7, 11) is 1.54. The fraction of sp³-hybridized carbons (Fsp3) is 0.300. The van der Waals surface area contributed by atoms with Crippen molar-refractivity contribution in [2.45, 2.75) is 12.5 Å². The zero-order valence-electron chi connectivity index (χ0n) is 14.9. The first-order valence-corrected chi connectivity index (χ1v) is 8.51. The minimum absolute atomic E-state index is 0.0185. The number of fused-ring (bicyclic) bond motifs is 1. The molecule has 1 aliphatic rings. The van der Waals surface area contributed by atoms with Crippen LogP contribution in [0.3, 0.4) is 0 Å². The average molecular weight is 373 g/mol. The summed E-state index contributed by atoms with van der Waals surface area (Å²) in [5, 5.41) is 9.44. The molecule has 1 unspecified atom stereocenters. The first-order valence-electron chi connectivity index (χ1n) is 8.51. The molecule has 2 aromatic rings. The van der Waals surface area contributed by atoms with Gasteiger partial charge in [-0.25, -0.2) is 4.39 Å². The summed E-state index contributed by atoms with van der Waals surface area (Å²) >= 11 is 0. The zero-order valence-corrected chi connectivity index (χ0v) is 14.9. The Hall–Kier alpha value is -2.77. The Kier molecular flexibility index (Phi) is 5.83. The molecule has 0 saturated heterocycles. The third-order valence-corrected chi connectivity index (χ3v) is 4.49. The van der Waals surface area contributed by atoms with Crippen molar-refractivity contribution in [2.75, 3.05) is 31.8 Å². The smallest absolute Gasteiger partial charge is 0.312 e. The lowest BCUT2D eigenvalue weighted by Crippen LogP contribution is -2.31. The van der Waals surface area contributed by atoms with E-state index in [1.54, 1.807) is 31.4 Å². The van der Waals surface area contributed by atoms with Gasteiger partial charge in [0.25, 0.3) is 5.91 Å². The Balaban J connectivity index is 1.83. The molecular formula is C20H20FNO5. The summed E-state index contributed by atoms with van der Waals surface area (Å²) in [6, 6.07) is 11.0. The van der Waals surface area contributed by atoms with E-state index in [0.717, 1.165) is 0 Å². The van der Waals surface area contributed by atoms with Gasteiger partial charge in [0.05, 0.1) is 19.8 Å². The lowest BCUT2D eigenvalue weighted by Gasteiger charge is -2.18. The molecule has 0 radical (unpaired) electrons. The molecule has 1 heterocycles. The molecule has 0 aliphatic carbocycles. The Morgan fingerprint density at radius 1 is 1.22 bits per heavy atom. The van der Waals surface area contributed by atoms with Crippen molar-refractivity contribution in [3.8, 4) is 0 Å². The average Bonchev–Trinajstić information content (AvgIpc) is 3.06. The van der Waals surface area contributed by atoms with E-state index < -0.39 is 17.7 Å². The predicted octanol–water partition coefficient (Wildman–Crippen LogP) is 2.82. The zero-order chi connectivity index (χ0) is 19.4. The number of rotatable bonds is 7. The first kappa shape index (κ1) is 19.0. The molecule has 0 spiro atoms. The topological polar surface area (TPSA) is 76.1 Å². The van der Waals surface area contributed by atoms with Gasteiger partial charge in [-0.15, -0.1) is 0 Å². The number of hydrogen-bond acceptors (Lipinski definition) is 4. The maximum atomic E-state index is 14.0. The summed E-state index contributed by atoms with van der Waals surface area (Å²) < 4.78 is 24.2. The van der Waals surface area contributed by atoms with E-state index in [2.05, 4.69) is 0 Å². The van der Waals surface area contributed by atoms with Crippen LogP contribution in [0.1, 0.15) is 27.4 Å². The Bertz CT molecular complexity index is 854. The number of halogens is 1. The van der Waals surface area contributed by atoms with Gasteiger partial charge in [0, 0.05) is 30.5 Å². The lowest BCUT2D eigenvalue weighted by atomic mass is 10.0. The molecule has 7 heteroatoms. The number of benzene rings is 2. The Morgan fingerprint density at radius 2 is 2.00 bits per heavy atom. The standard InChI is InChI=1S/C20H20FNO5/c1-26-8-9-27-12-14-10-13(6-7-17(14)21)19(23)22-11-16(20(24)25)15-4-2-3-5-18(15)22/h2-7,10,16H,8-9,11-12H2,1H3,(H,24,25). The van der Waals surface area contributed by atoms with E-state index >= 15 is 0 Å². The number of amides is 1. The number of para-hydroxylation sites is 1. The maximum absolute atomic E-state index is 14.0. The van der Waals surface area contributed by atoms with Crippen molar-refractivity contribution in [2.24, 2.45) is 0 Å². The largest absolute Gasteiger partial charge is 0.481 e. The quantitative estimate of drug-likeness (QED) is 0.756. The highest BCUT2D eigenvalue weighted by atomic mass is 19.1. The van der Waals surface area contributed by atoms with E-state index in [-0.39, 0.29) is 30.2 Å². The van der Waals surface area contributed by atoms with Crippen LogP contribution < -0.4 is 4.90 Å². The van der Waals surface area contributed by atoms with Crippen molar-refractivity contribution in [3.63, 3.8) is 0 Å². The second-order valence-corrected chi connectivity index (χ2v) is 6.22. The number of ether oxygens (including phenoxy) is 2. The highest BCUT2D eigenvalue weighted by Crippen LogP contribution is 2.37. The van der Waals surface area contributed by atoms with Crippen LogP contribution in [-0.2, 0) is 20.9 Å². The first-order chi connectivity index (χ1) is 13.0. The third-order valence-electron chi connectivity index (χ3n) is 4.49. The highest BCUT2D eigenvalue weighted by Gasteiger charge is 2.36. The third kappa shape index (κ3) is 3.99. The van der Waals surface area contributed by atoms with Crippen LogP contribution in [0.5, 0.6) is 0 Å². The minimum atomic E-state index is -0.982. The second-order valence-electron chi connectivity index (χ2n) is 6.22. The Morgan fingerprint density at radius 3 is 2.74 bits per heavy atom. The van der Waals surface area contributed by atoms with Crippen molar-refractivity contribution < 1.29 is 28.6 Å². The SMILES string of the molecule is COCCOCc1cc(C(=O)N2CC(C(=O)O)c3ccccc32)ccc1F. The van der Waals surface area contributed by atoms with Gasteiger partial charge in [0.2, 0.25) is 0 Å². The Labute approximate surface area is 156 Å². The number of aliphatic carboxylic acids is 1. The van der Waals surface area contributed by atoms with Crippen LogP contribution in [0.25, 0.3) is 0 Å². The van der Waals surface area contributed by atoms with Gasteiger partial charge in [0.15, 0.2) is 0 Å². The molecule has 0 bridgehead atoms. The van der Waals surface area contributed by atoms with E-state index in [9.17, 15) is 19.1 Å². The molecule has 1 atom stereocenters. The van der Waals surface area contributed by atoms with Gasteiger partial charge < -0.3 is 19.5 Å². The molecule has 1 N–H and O–H groups in total. The van der Waals surface area contributed by atoms with Gasteiger partial charge in [0.1, 0.15) is 11.7 Å². The molecule has 6 nitrogen and oxygen atoms in total. The fourth-order valence-corrected chi connectivity index (χ4v) is 3.11. The molecule has 0 fully saturated rings. The summed E-state index contributed by atoms with van der Waals surface area (Å²) in [5.41, 5.74) is 1.71. The molecule has 142 valence electrons. The normalized spacial score (nSPS) is 15.6. The molecular weight excluding hydrogens is 353 g/mol. The van der Waals surface area contributed by atoms with Crippen LogP contribution in [0.15, 0.2) is 42.5 Å². The molecule has 2 aromatic carbocycles. The van der Waals surface area contributed by atoms with E-state index in [0.29, 0.717) is 24.5 Å². The highest BCUT2D eigenvalue weighted by molar-refractivity contribution is 6.08. The monoisotopic (exact) mass is 373 g/mol. The van der Waals surface area contributed by atoms with E-state index in [4.69, 9.17) is 9.47 Å². The molecule has 27 heavy (non-hydrogen) atoms. The number of hydrogen-bond donors (Lipinski definition) is 1. The van der Waals surface area contributed by atoms with Crippen molar-refractivity contribution in [1.82, 2.24) is 0 Å². The summed E-state index contributed by atoms with van der Waals surface area (Å²) in [6.07, 6.45) is 0. The van der Waals surface area contributed by atoms with Gasteiger partial charge in [-0.3, -0.25) is 9.59 Å². The fourth-order valence-electron chi connectivity index (χ4n) is 3.11. The summed E-state index contributed by atoms with van der Waals surface area (Å²) in [4.78, 5) is 25.9. The van der Waals surface area contributed by atoms with Crippen LogP contribution in [-0.4, -0.2) is 43.9 Å². The number of methoxy groups -OCH3 is 1. The van der Waals surface area contributed by atoms with Crippen molar-refractivity contribution >= 4 is 17.6 Å². The summed E-state index contributed by atoms with van der Waals surface area (Å²) in [6.45, 7) is 0.768. The molecule has 1 aliphatic heterocycles. The van der Waals surface area contributed by atoms with E-state index in [1.807, 2.05) is 0 Å². The van der Waals surface area contributed by atoms with E-state index in [1.165, 1.54) is 23.1 Å². The van der Waals surface area contributed by atoms with Gasteiger partial charge >= 0.3 is 5.97 Å². The molecule has 0 aromatic heterocycles. The minimum Gasteiger partial charge on any atom is -0.481 e. The lowest BCUT2D eigenvalue weighted by molar-refractivity contribution is -0.138. The number of nitrogens with zero attached hydrogens (tertiary/aromatic N) is 1. The molecule has 3 rings (SSSR count). The predicted molar refractivity (Wildman–Crippen MR) is 96.4 cm³/mol. The number of carboxylic acid groups (broad SMARTS) is 1. The number of carboxylic acids is 1. The van der Waals surface area contributed by atoms with Crippen LogP contribution in [0.4, 0.5) is 10.1 Å². The van der Waals surface area contributed by atoms with Crippen molar-refractivity contribution in [1.29, 1.82) is 0 Å². The second kappa shape index (κ2) is 8.28. The van der Waals surface area contributed by atoms with Gasteiger partial charge in [-0.1, -0.05) is 18.2 Å². The van der Waals surface area contributed by atoms with Crippen molar-refractivity contribution in [3.05, 3.63) is 65.0 Å². The van der Waals surface area contributed by atoms with Crippen LogP contribution >= 0.6 is 0 Å². The molecule has 1 amide bonds. The number of carbonyl (C=O) groups excluding carboxylic acids is 1. The number of carbonyl (C=O) groups is 2. The number of anilines is 1. The maximum Gasteiger partial charge on any atom is 0.312 e. The summed E-state index contributed by atoms with van der Waals surface area (Å²) in [5.74, 6) is -2.59. The van der Waals surface area contributed by atoms with Gasteiger partial charge in [-0.05, 0) is 29.8 Å². The van der Waals surface area contributed by atoms with Gasteiger partial charge in [-0.2, -0.15) is 0 Å². The van der Waals surface area contributed by atoms with Crippen LogP contribution in [0, 0.1) is 5.82 Å². The van der Waals surface area contributed by atoms with Crippen LogP contribution in [0.2, 0.25) is 0 Å². The molecule has 0 saturated carbocycles.